The lowest BCUT2D eigenvalue weighted by atomic mass is 10.0. The average molecular weight is 327 g/mol. The molecule has 126 valence electrons. The average Bonchev–Trinajstić information content (AvgIpc) is 2.90. The zero-order chi connectivity index (χ0) is 17.1. The molecule has 1 aliphatic heterocycles. The summed E-state index contributed by atoms with van der Waals surface area (Å²) in [6.45, 7) is 2.38. The highest BCUT2D eigenvalue weighted by Crippen LogP contribution is 2.29. The van der Waals surface area contributed by atoms with Crippen LogP contribution >= 0.6 is 0 Å². The Kier molecular flexibility index (Phi) is 4.84. The normalized spacial score (nSPS) is 20.3. The third-order valence-corrected chi connectivity index (χ3v) is 4.70. The molecule has 1 aliphatic rings. The van der Waals surface area contributed by atoms with Gasteiger partial charge in [0, 0.05) is 24.7 Å². The predicted octanol–water partition coefficient (Wildman–Crippen LogP) is 3.98. The lowest BCUT2D eigenvalue weighted by Gasteiger charge is -2.25. The van der Waals surface area contributed by atoms with Crippen LogP contribution in [-0.2, 0) is 11.2 Å². The lowest BCUT2D eigenvalue weighted by Crippen LogP contribution is -2.31. The Labute approximate surface area is 141 Å². The summed E-state index contributed by atoms with van der Waals surface area (Å²) in [5.41, 5.74) is 4.65. The van der Waals surface area contributed by atoms with E-state index in [2.05, 4.69) is 19.1 Å². The van der Waals surface area contributed by atoms with Crippen molar-refractivity contribution in [3.8, 4) is 0 Å². The third kappa shape index (κ3) is 3.75. The van der Waals surface area contributed by atoms with Gasteiger partial charge in [0.05, 0.1) is 6.42 Å². The van der Waals surface area contributed by atoms with E-state index < -0.39 is 12.1 Å². The van der Waals surface area contributed by atoms with Crippen LogP contribution in [0.5, 0.6) is 0 Å². The minimum atomic E-state index is -0.957. The number of carboxylic acid groups (broad SMARTS) is 1. The van der Waals surface area contributed by atoms with Crippen LogP contribution in [0.15, 0.2) is 48.5 Å². The molecule has 0 saturated carbocycles. The highest BCUT2D eigenvalue weighted by molar-refractivity contribution is 5.69. The molecule has 0 amide bonds. The number of carboxylic acids is 1. The first-order chi connectivity index (χ1) is 11.5. The van der Waals surface area contributed by atoms with Crippen LogP contribution in [0.2, 0.25) is 0 Å². The SMILES string of the molecule is Cc1ccccc1Cc1ccc(N2C[C@@H](F)C[C@H]2CC(=O)O)cc1. The maximum absolute atomic E-state index is 13.7. The minimum Gasteiger partial charge on any atom is -0.481 e. The van der Waals surface area contributed by atoms with Gasteiger partial charge in [-0.05, 0) is 42.2 Å². The Morgan fingerprint density at radius 2 is 1.92 bits per heavy atom. The summed E-state index contributed by atoms with van der Waals surface area (Å²) in [5, 5.41) is 9.01. The third-order valence-electron chi connectivity index (χ3n) is 4.70. The van der Waals surface area contributed by atoms with Crippen LogP contribution in [-0.4, -0.2) is 29.8 Å². The second kappa shape index (κ2) is 7.04. The van der Waals surface area contributed by atoms with E-state index in [1.165, 1.54) is 16.7 Å². The molecule has 1 saturated heterocycles. The standard InChI is InChI=1S/C20H22FNO2/c1-14-4-2-3-5-16(14)10-15-6-8-18(9-7-15)22-13-17(21)11-19(22)12-20(23)24/h2-9,17,19H,10-13H2,1H3,(H,23,24)/t17-,19-/m0/s1. The molecule has 0 aliphatic carbocycles. The summed E-state index contributed by atoms with van der Waals surface area (Å²) in [5.74, 6) is -0.879. The molecule has 2 aromatic carbocycles. The van der Waals surface area contributed by atoms with Crippen molar-refractivity contribution in [2.75, 3.05) is 11.4 Å². The zero-order valence-electron chi connectivity index (χ0n) is 13.8. The van der Waals surface area contributed by atoms with Crippen molar-refractivity contribution in [2.24, 2.45) is 0 Å². The maximum atomic E-state index is 13.7. The number of benzene rings is 2. The van der Waals surface area contributed by atoms with E-state index in [4.69, 9.17) is 5.11 Å². The number of aryl methyl sites for hydroxylation is 1. The molecule has 1 N–H and O–H groups in total. The molecule has 1 fully saturated rings. The molecule has 0 bridgehead atoms. The van der Waals surface area contributed by atoms with Crippen molar-refractivity contribution >= 4 is 11.7 Å². The van der Waals surface area contributed by atoms with E-state index in [1.54, 1.807) is 0 Å². The Balaban J connectivity index is 1.74. The molecule has 4 heteroatoms. The van der Waals surface area contributed by atoms with Crippen LogP contribution in [0.1, 0.15) is 29.5 Å². The van der Waals surface area contributed by atoms with Crippen molar-refractivity contribution in [3.05, 3.63) is 65.2 Å². The number of carbonyl (C=O) groups is 1. The number of aliphatic carboxylic acids is 1. The molecule has 2 atom stereocenters. The van der Waals surface area contributed by atoms with Crippen LogP contribution in [0.3, 0.4) is 0 Å². The van der Waals surface area contributed by atoms with Gasteiger partial charge in [0.1, 0.15) is 6.17 Å². The minimum absolute atomic E-state index is 0.0224. The Bertz CT molecular complexity index is 714. The zero-order valence-corrected chi connectivity index (χ0v) is 13.8. The summed E-state index contributed by atoms with van der Waals surface area (Å²) in [7, 11) is 0. The molecular formula is C20H22FNO2. The largest absolute Gasteiger partial charge is 0.481 e. The molecule has 3 nitrogen and oxygen atoms in total. The Morgan fingerprint density at radius 1 is 1.21 bits per heavy atom. The Morgan fingerprint density at radius 3 is 2.58 bits per heavy atom. The topological polar surface area (TPSA) is 40.5 Å². The van der Waals surface area contributed by atoms with Gasteiger partial charge in [0.15, 0.2) is 0 Å². The van der Waals surface area contributed by atoms with Gasteiger partial charge < -0.3 is 10.0 Å². The first kappa shape index (κ1) is 16.5. The number of hydrogen-bond acceptors (Lipinski definition) is 2. The van der Waals surface area contributed by atoms with Gasteiger partial charge in [-0.3, -0.25) is 4.79 Å². The number of anilines is 1. The smallest absolute Gasteiger partial charge is 0.305 e. The van der Waals surface area contributed by atoms with E-state index in [0.717, 1.165) is 12.1 Å². The predicted molar refractivity (Wildman–Crippen MR) is 93.3 cm³/mol. The molecular weight excluding hydrogens is 305 g/mol. The van der Waals surface area contributed by atoms with Gasteiger partial charge in [0.25, 0.3) is 0 Å². The molecule has 2 aromatic rings. The van der Waals surface area contributed by atoms with Gasteiger partial charge in [-0.1, -0.05) is 36.4 Å². The summed E-state index contributed by atoms with van der Waals surface area (Å²) in [6.07, 6.45) is 0.167. The fraction of sp³-hybridized carbons (Fsp3) is 0.350. The fourth-order valence-corrected chi connectivity index (χ4v) is 3.40. The maximum Gasteiger partial charge on any atom is 0.305 e. The molecule has 0 spiro atoms. The molecule has 0 aromatic heterocycles. The fourth-order valence-electron chi connectivity index (χ4n) is 3.40. The van der Waals surface area contributed by atoms with E-state index >= 15 is 0 Å². The van der Waals surface area contributed by atoms with Gasteiger partial charge in [-0.2, -0.15) is 0 Å². The van der Waals surface area contributed by atoms with Crippen molar-refractivity contribution in [1.82, 2.24) is 0 Å². The first-order valence-corrected chi connectivity index (χ1v) is 8.29. The number of halogens is 1. The first-order valence-electron chi connectivity index (χ1n) is 8.29. The summed E-state index contributed by atoms with van der Waals surface area (Å²) in [6, 6.07) is 16.1. The van der Waals surface area contributed by atoms with Crippen LogP contribution in [0, 0.1) is 6.92 Å². The van der Waals surface area contributed by atoms with Gasteiger partial charge >= 0.3 is 5.97 Å². The van der Waals surface area contributed by atoms with E-state index in [1.807, 2.05) is 41.3 Å². The van der Waals surface area contributed by atoms with Gasteiger partial charge in [-0.15, -0.1) is 0 Å². The van der Waals surface area contributed by atoms with Crippen molar-refractivity contribution in [3.63, 3.8) is 0 Å². The van der Waals surface area contributed by atoms with E-state index in [9.17, 15) is 9.18 Å². The molecule has 3 rings (SSSR count). The van der Waals surface area contributed by atoms with Gasteiger partial charge in [-0.25, -0.2) is 4.39 Å². The van der Waals surface area contributed by atoms with Crippen LogP contribution < -0.4 is 4.90 Å². The van der Waals surface area contributed by atoms with Crippen LogP contribution in [0.4, 0.5) is 10.1 Å². The highest BCUT2D eigenvalue weighted by atomic mass is 19.1. The lowest BCUT2D eigenvalue weighted by molar-refractivity contribution is -0.137. The van der Waals surface area contributed by atoms with E-state index in [0.29, 0.717) is 0 Å². The summed E-state index contributed by atoms with van der Waals surface area (Å²) in [4.78, 5) is 12.9. The second-order valence-corrected chi connectivity index (χ2v) is 6.51. The number of rotatable bonds is 5. The van der Waals surface area contributed by atoms with Gasteiger partial charge in [0.2, 0.25) is 0 Å². The van der Waals surface area contributed by atoms with Crippen LogP contribution in [0.25, 0.3) is 0 Å². The molecule has 1 heterocycles. The number of alkyl halides is 1. The highest BCUT2D eigenvalue weighted by Gasteiger charge is 2.33. The monoisotopic (exact) mass is 327 g/mol. The van der Waals surface area contributed by atoms with Crippen molar-refractivity contribution in [2.45, 2.75) is 38.4 Å². The van der Waals surface area contributed by atoms with E-state index in [-0.39, 0.29) is 25.4 Å². The molecule has 0 unspecified atom stereocenters. The van der Waals surface area contributed by atoms with Crippen molar-refractivity contribution < 1.29 is 14.3 Å². The molecule has 24 heavy (non-hydrogen) atoms. The quantitative estimate of drug-likeness (QED) is 0.903. The second-order valence-electron chi connectivity index (χ2n) is 6.51. The summed E-state index contributed by atoms with van der Waals surface area (Å²) >= 11 is 0. The summed E-state index contributed by atoms with van der Waals surface area (Å²) < 4.78 is 13.7. The van der Waals surface area contributed by atoms with Crippen molar-refractivity contribution in [1.29, 1.82) is 0 Å². The Hall–Kier alpha value is -2.36. The number of hydrogen-bond donors (Lipinski definition) is 1. The molecule has 0 radical (unpaired) electrons. The number of nitrogens with zero attached hydrogens (tertiary/aromatic N) is 1.